The van der Waals surface area contributed by atoms with Crippen LogP contribution >= 0.6 is 11.8 Å². The molecule has 27 heavy (non-hydrogen) atoms. The highest BCUT2D eigenvalue weighted by Gasteiger charge is 2.55. The highest BCUT2D eigenvalue weighted by atomic mass is 32.2. The van der Waals surface area contributed by atoms with E-state index >= 15 is 0 Å². The van der Waals surface area contributed by atoms with Crippen LogP contribution in [0, 0.1) is 0 Å². The Bertz CT molecular complexity index is 860. The van der Waals surface area contributed by atoms with Gasteiger partial charge in [-0.05, 0) is 16.7 Å². The minimum atomic E-state index is -0.808. The van der Waals surface area contributed by atoms with E-state index in [1.54, 1.807) is 18.9 Å². The van der Waals surface area contributed by atoms with Crippen LogP contribution in [0.1, 0.15) is 16.7 Å². The van der Waals surface area contributed by atoms with Crippen LogP contribution in [-0.2, 0) is 20.8 Å². The van der Waals surface area contributed by atoms with Gasteiger partial charge in [-0.25, -0.2) is 0 Å². The summed E-state index contributed by atoms with van der Waals surface area (Å²) in [5.41, 5.74) is 2.69. The Hall–Kier alpha value is -2.56. The maximum Gasteiger partial charge on any atom is 0.251 e. The lowest BCUT2D eigenvalue weighted by molar-refractivity contribution is -0.137. The van der Waals surface area contributed by atoms with Gasteiger partial charge in [0, 0.05) is 13.7 Å². The second kappa shape index (κ2) is 7.59. The van der Waals surface area contributed by atoms with Gasteiger partial charge in [-0.3, -0.25) is 4.79 Å². The van der Waals surface area contributed by atoms with Gasteiger partial charge in [-0.2, -0.15) is 0 Å². The van der Waals surface area contributed by atoms with Gasteiger partial charge in [0.2, 0.25) is 0 Å². The van der Waals surface area contributed by atoms with Crippen molar-refractivity contribution in [3.8, 4) is 0 Å². The van der Waals surface area contributed by atoms with Crippen LogP contribution in [0.15, 0.2) is 91.0 Å². The van der Waals surface area contributed by atoms with E-state index in [1.807, 2.05) is 95.9 Å². The van der Waals surface area contributed by atoms with E-state index in [0.717, 1.165) is 16.7 Å². The molecule has 1 atom stereocenters. The number of carbonyl (C=O) groups is 1. The normalized spacial score (nSPS) is 18.6. The molecule has 1 aliphatic rings. The van der Waals surface area contributed by atoms with Crippen molar-refractivity contribution < 1.29 is 9.53 Å². The molecule has 0 spiro atoms. The molecule has 1 unspecified atom stereocenters. The summed E-state index contributed by atoms with van der Waals surface area (Å²) in [5.74, 6) is 0.0561. The maximum atomic E-state index is 13.8. The van der Waals surface area contributed by atoms with E-state index in [4.69, 9.17) is 4.74 Å². The van der Waals surface area contributed by atoms with Crippen molar-refractivity contribution in [1.29, 1.82) is 0 Å². The first-order valence-electron chi connectivity index (χ1n) is 8.92. The van der Waals surface area contributed by atoms with Gasteiger partial charge in [0.15, 0.2) is 5.56 Å². The topological polar surface area (TPSA) is 29.5 Å². The Morgan fingerprint density at radius 2 is 1.33 bits per heavy atom. The monoisotopic (exact) mass is 375 g/mol. The van der Waals surface area contributed by atoms with Crippen LogP contribution in [0.4, 0.5) is 0 Å². The van der Waals surface area contributed by atoms with E-state index < -0.39 is 4.75 Å². The zero-order valence-electron chi connectivity index (χ0n) is 15.1. The van der Waals surface area contributed by atoms with Crippen LogP contribution in [0.25, 0.3) is 0 Å². The van der Waals surface area contributed by atoms with E-state index in [0.29, 0.717) is 6.54 Å². The molecule has 136 valence electrons. The SMILES string of the molecule is COC1SC(c2ccccc2)(c2ccccc2)C(=O)N1Cc1ccccc1. The number of thioether (sulfide) groups is 1. The molecule has 3 aromatic rings. The van der Waals surface area contributed by atoms with Crippen LogP contribution in [-0.4, -0.2) is 23.5 Å². The first-order valence-corrected chi connectivity index (χ1v) is 9.80. The molecule has 1 amide bonds. The van der Waals surface area contributed by atoms with E-state index in [9.17, 15) is 4.79 Å². The highest BCUT2D eigenvalue weighted by molar-refractivity contribution is 8.02. The smallest absolute Gasteiger partial charge is 0.251 e. The first-order chi connectivity index (χ1) is 13.3. The van der Waals surface area contributed by atoms with Crippen LogP contribution < -0.4 is 0 Å². The standard InChI is InChI=1S/C23H21NO2S/c1-26-22-24(17-18-11-5-2-6-12-18)21(25)23(27-22,19-13-7-3-8-14-19)20-15-9-4-10-16-20/h2-16,22H,17H2,1H3. The maximum absolute atomic E-state index is 13.8. The van der Waals surface area contributed by atoms with Crippen molar-refractivity contribution in [1.82, 2.24) is 4.90 Å². The predicted molar refractivity (Wildman–Crippen MR) is 109 cm³/mol. The molecule has 0 bridgehead atoms. The van der Waals surface area contributed by atoms with Crippen molar-refractivity contribution in [3.63, 3.8) is 0 Å². The molecule has 0 aliphatic carbocycles. The third kappa shape index (κ3) is 3.15. The minimum absolute atomic E-state index is 0.0561. The van der Waals surface area contributed by atoms with E-state index in [1.165, 1.54) is 0 Å². The highest BCUT2D eigenvalue weighted by Crippen LogP contribution is 2.52. The van der Waals surface area contributed by atoms with Gasteiger partial charge in [-0.15, -0.1) is 0 Å². The lowest BCUT2D eigenvalue weighted by Gasteiger charge is -2.27. The Morgan fingerprint density at radius 3 is 1.81 bits per heavy atom. The Labute approximate surface area is 164 Å². The zero-order valence-corrected chi connectivity index (χ0v) is 15.9. The fourth-order valence-electron chi connectivity index (χ4n) is 3.56. The summed E-state index contributed by atoms with van der Waals surface area (Å²) in [5, 5.41) is 0. The largest absolute Gasteiger partial charge is 0.352 e. The number of hydrogen-bond donors (Lipinski definition) is 0. The molecule has 3 aromatic carbocycles. The lowest BCUT2D eigenvalue weighted by Crippen LogP contribution is -2.39. The molecular formula is C23H21NO2S. The first kappa shape index (κ1) is 17.8. The van der Waals surface area contributed by atoms with Gasteiger partial charge < -0.3 is 9.64 Å². The second-order valence-electron chi connectivity index (χ2n) is 6.49. The molecule has 0 radical (unpaired) electrons. The molecule has 0 saturated carbocycles. The average Bonchev–Trinajstić information content (AvgIpc) is 3.03. The summed E-state index contributed by atoms with van der Waals surface area (Å²) in [7, 11) is 1.66. The molecule has 0 N–H and O–H groups in total. The predicted octanol–water partition coefficient (Wildman–Crippen LogP) is 4.64. The Kier molecular flexibility index (Phi) is 5.01. The summed E-state index contributed by atoms with van der Waals surface area (Å²) < 4.78 is 4.93. The molecule has 1 saturated heterocycles. The van der Waals surface area contributed by atoms with Crippen LogP contribution in [0.2, 0.25) is 0 Å². The molecule has 1 fully saturated rings. The summed E-state index contributed by atoms with van der Waals surface area (Å²) in [6.07, 6.45) is 0. The Morgan fingerprint density at radius 1 is 0.852 bits per heavy atom. The van der Waals surface area contributed by atoms with Crippen molar-refractivity contribution in [2.24, 2.45) is 0 Å². The molecule has 1 heterocycles. The Balaban J connectivity index is 1.81. The fraction of sp³-hybridized carbons (Fsp3) is 0.174. The van der Waals surface area contributed by atoms with Crippen LogP contribution in [0.5, 0.6) is 0 Å². The minimum Gasteiger partial charge on any atom is -0.352 e. The van der Waals surface area contributed by atoms with E-state index in [2.05, 4.69) is 0 Å². The lowest BCUT2D eigenvalue weighted by atomic mass is 9.89. The zero-order chi connectivity index (χ0) is 18.7. The summed E-state index contributed by atoms with van der Waals surface area (Å²) in [4.78, 5) is 15.7. The third-order valence-electron chi connectivity index (χ3n) is 4.85. The number of amides is 1. The van der Waals surface area contributed by atoms with Crippen LogP contribution in [0.3, 0.4) is 0 Å². The molecule has 3 nitrogen and oxygen atoms in total. The molecule has 4 rings (SSSR count). The molecule has 0 aromatic heterocycles. The molecule has 1 aliphatic heterocycles. The number of hydrogen-bond acceptors (Lipinski definition) is 3. The summed E-state index contributed by atoms with van der Waals surface area (Å²) >= 11 is 1.55. The van der Waals surface area contributed by atoms with Gasteiger partial charge in [-0.1, -0.05) is 103 Å². The average molecular weight is 375 g/mol. The van der Waals surface area contributed by atoms with E-state index in [-0.39, 0.29) is 11.5 Å². The third-order valence-corrected chi connectivity index (χ3v) is 6.50. The van der Waals surface area contributed by atoms with Crippen molar-refractivity contribution in [2.75, 3.05) is 7.11 Å². The van der Waals surface area contributed by atoms with Crippen molar-refractivity contribution >= 4 is 17.7 Å². The number of carbonyl (C=O) groups excluding carboxylic acids is 1. The number of methoxy groups -OCH3 is 1. The van der Waals surface area contributed by atoms with Crippen molar-refractivity contribution in [3.05, 3.63) is 108 Å². The van der Waals surface area contributed by atoms with Crippen molar-refractivity contribution in [2.45, 2.75) is 16.9 Å². The second-order valence-corrected chi connectivity index (χ2v) is 7.74. The quantitative estimate of drug-likeness (QED) is 0.651. The fourth-order valence-corrected chi connectivity index (χ4v) is 5.02. The van der Waals surface area contributed by atoms with Gasteiger partial charge >= 0.3 is 0 Å². The summed E-state index contributed by atoms with van der Waals surface area (Å²) in [6, 6.07) is 30.0. The summed E-state index contributed by atoms with van der Waals surface area (Å²) in [6.45, 7) is 0.520. The van der Waals surface area contributed by atoms with Gasteiger partial charge in [0.05, 0.1) is 0 Å². The molecular weight excluding hydrogens is 354 g/mol. The molecule has 4 heteroatoms. The van der Waals surface area contributed by atoms with Gasteiger partial charge in [0.1, 0.15) is 4.75 Å². The number of nitrogens with zero attached hydrogens (tertiary/aromatic N) is 1. The number of benzene rings is 3. The number of ether oxygens (including phenoxy) is 1. The number of rotatable bonds is 5. The van der Waals surface area contributed by atoms with Gasteiger partial charge in [0.25, 0.3) is 5.91 Å².